The van der Waals surface area contributed by atoms with E-state index >= 15 is 0 Å². The Morgan fingerprint density at radius 2 is 1.89 bits per heavy atom. The molecule has 0 spiro atoms. The van der Waals surface area contributed by atoms with E-state index in [1.807, 2.05) is 52.7 Å². The number of carbonyl (C=O) groups excluding carboxylic acids is 2. The van der Waals surface area contributed by atoms with E-state index in [1.165, 1.54) is 11.3 Å². The van der Waals surface area contributed by atoms with Crippen molar-refractivity contribution >= 4 is 50.5 Å². The molecule has 0 bridgehead atoms. The molecule has 2 amide bonds. The van der Waals surface area contributed by atoms with E-state index in [9.17, 15) is 9.59 Å². The minimum absolute atomic E-state index is 0.0394. The van der Waals surface area contributed by atoms with E-state index in [1.54, 1.807) is 12.1 Å². The van der Waals surface area contributed by atoms with Crippen LogP contribution in [0.5, 0.6) is 0 Å². The third-order valence-corrected chi connectivity index (χ3v) is 5.93. The zero-order valence-electron chi connectivity index (χ0n) is 14.4. The first-order chi connectivity index (χ1) is 13.1. The van der Waals surface area contributed by atoms with Crippen LogP contribution in [-0.4, -0.2) is 18.4 Å². The molecule has 0 aliphatic carbocycles. The number of hydrogen-bond donors (Lipinski definition) is 1. The lowest BCUT2D eigenvalue weighted by Gasteiger charge is -2.29. The van der Waals surface area contributed by atoms with Crippen molar-refractivity contribution in [2.75, 3.05) is 16.8 Å². The first-order valence-corrected chi connectivity index (χ1v) is 10.3. The second-order valence-electron chi connectivity index (χ2n) is 6.34. The molecule has 0 atom stereocenters. The molecule has 2 aromatic carbocycles. The summed E-state index contributed by atoms with van der Waals surface area (Å²) in [6.45, 7) is 0.717. The number of carbonyl (C=O) groups is 2. The number of anilines is 2. The van der Waals surface area contributed by atoms with E-state index < -0.39 is 0 Å². The van der Waals surface area contributed by atoms with Crippen LogP contribution in [0.3, 0.4) is 0 Å². The molecule has 1 aliphatic rings. The van der Waals surface area contributed by atoms with Gasteiger partial charge in [0.15, 0.2) is 0 Å². The number of thiophene rings is 1. The summed E-state index contributed by atoms with van der Waals surface area (Å²) in [7, 11) is 0. The second-order valence-corrected chi connectivity index (χ2v) is 8.21. The predicted molar refractivity (Wildman–Crippen MR) is 113 cm³/mol. The van der Waals surface area contributed by atoms with Gasteiger partial charge in [0.2, 0.25) is 0 Å². The van der Waals surface area contributed by atoms with Crippen LogP contribution in [0.1, 0.15) is 32.0 Å². The minimum atomic E-state index is -0.148. The number of nitrogens with one attached hydrogen (secondary N) is 1. The highest BCUT2D eigenvalue weighted by Crippen LogP contribution is 2.31. The van der Waals surface area contributed by atoms with Gasteiger partial charge in [-0.15, -0.1) is 11.3 Å². The monoisotopic (exact) mass is 440 g/mol. The fraction of sp³-hybridized carbons (Fsp3) is 0.143. The third-order valence-electron chi connectivity index (χ3n) is 4.54. The van der Waals surface area contributed by atoms with E-state index in [-0.39, 0.29) is 11.8 Å². The van der Waals surface area contributed by atoms with Crippen LogP contribution in [0, 0.1) is 0 Å². The van der Waals surface area contributed by atoms with Crippen molar-refractivity contribution in [1.29, 1.82) is 0 Å². The highest BCUT2D eigenvalue weighted by Gasteiger charge is 2.24. The van der Waals surface area contributed by atoms with Gasteiger partial charge in [-0.05, 0) is 72.3 Å². The normalized spacial score (nSPS) is 13.1. The Balaban J connectivity index is 1.55. The fourth-order valence-electron chi connectivity index (χ4n) is 3.22. The molecule has 0 fully saturated rings. The van der Waals surface area contributed by atoms with Crippen LogP contribution in [0.4, 0.5) is 11.4 Å². The summed E-state index contributed by atoms with van der Waals surface area (Å²) in [4.78, 5) is 27.8. The van der Waals surface area contributed by atoms with Gasteiger partial charge in [0, 0.05) is 28.0 Å². The van der Waals surface area contributed by atoms with Crippen molar-refractivity contribution in [2.45, 2.75) is 12.8 Å². The molecule has 0 radical (unpaired) electrons. The molecule has 0 unspecified atom stereocenters. The largest absolute Gasteiger partial charge is 0.322 e. The Labute approximate surface area is 170 Å². The van der Waals surface area contributed by atoms with E-state index in [4.69, 9.17) is 0 Å². The number of hydrogen-bond acceptors (Lipinski definition) is 3. The quantitative estimate of drug-likeness (QED) is 0.595. The molecule has 1 N–H and O–H groups in total. The van der Waals surface area contributed by atoms with Gasteiger partial charge < -0.3 is 10.2 Å². The Bertz CT molecular complexity index is 984. The summed E-state index contributed by atoms with van der Waals surface area (Å²) in [6, 6.07) is 16.7. The van der Waals surface area contributed by atoms with Crippen molar-refractivity contribution in [3.8, 4) is 0 Å². The van der Waals surface area contributed by atoms with Crippen LogP contribution < -0.4 is 10.2 Å². The number of amides is 2. The van der Waals surface area contributed by atoms with E-state index in [0.717, 1.165) is 39.1 Å². The minimum Gasteiger partial charge on any atom is -0.322 e. The Hall–Kier alpha value is -2.44. The Morgan fingerprint density at radius 3 is 2.63 bits per heavy atom. The maximum absolute atomic E-state index is 12.8. The molecular formula is C21H17BrN2O2S. The Morgan fingerprint density at radius 1 is 1.07 bits per heavy atom. The summed E-state index contributed by atoms with van der Waals surface area (Å²) in [5, 5.41) is 4.86. The highest BCUT2D eigenvalue weighted by atomic mass is 79.9. The van der Waals surface area contributed by atoms with Gasteiger partial charge in [0.05, 0.1) is 4.88 Å². The van der Waals surface area contributed by atoms with Crippen molar-refractivity contribution in [3.63, 3.8) is 0 Å². The van der Waals surface area contributed by atoms with Gasteiger partial charge in [-0.2, -0.15) is 0 Å². The molecular weight excluding hydrogens is 424 g/mol. The number of halogens is 1. The van der Waals surface area contributed by atoms with Gasteiger partial charge in [-0.3, -0.25) is 9.59 Å². The van der Waals surface area contributed by atoms with Gasteiger partial charge in [-0.1, -0.05) is 22.0 Å². The lowest BCUT2D eigenvalue weighted by molar-refractivity contribution is 0.0987. The molecule has 6 heteroatoms. The predicted octanol–water partition coefficient (Wildman–Crippen LogP) is 5.36. The topological polar surface area (TPSA) is 49.4 Å². The standard InChI is InChI=1S/C21H17BrN2O2S/c22-16-7-5-14(6-8-16)20(25)23-17-9-10-18-15(13-17)3-1-11-24(18)21(26)19-4-2-12-27-19/h2,4-10,12-13H,1,3,11H2,(H,23,25). The zero-order valence-corrected chi connectivity index (χ0v) is 16.8. The lowest BCUT2D eigenvalue weighted by Crippen LogP contribution is -2.35. The van der Waals surface area contributed by atoms with Crippen LogP contribution in [-0.2, 0) is 6.42 Å². The van der Waals surface area contributed by atoms with Crippen molar-refractivity contribution in [2.24, 2.45) is 0 Å². The lowest BCUT2D eigenvalue weighted by atomic mass is 10.0. The molecule has 1 aliphatic heterocycles. The van der Waals surface area contributed by atoms with E-state index in [2.05, 4.69) is 21.2 Å². The van der Waals surface area contributed by atoms with E-state index in [0.29, 0.717) is 12.1 Å². The maximum atomic E-state index is 12.8. The number of aryl methyl sites for hydroxylation is 1. The van der Waals surface area contributed by atoms with Gasteiger partial charge >= 0.3 is 0 Å². The average Bonchev–Trinajstić information content (AvgIpc) is 3.22. The molecule has 136 valence electrons. The molecule has 2 heterocycles. The first-order valence-electron chi connectivity index (χ1n) is 8.67. The summed E-state index contributed by atoms with van der Waals surface area (Å²) in [5.74, 6) is -0.109. The summed E-state index contributed by atoms with van der Waals surface area (Å²) < 4.78 is 0.934. The van der Waals surface area contributed by atoms with Gasteiger partial charge in [-0.25, -0.2) is 0 Å². The van der Waals surface area contributed by atoms with Gasteiger partial charge in [0.1, 0.15) is 0 Å². The second kappa shape index (κ2) is 7.66. The Kier molecular flexibility index (Phi) is 5.09. The number of rotatable bonds is 3. The summed E-state index contributed by atoms with van der Waals surface area (Å²) >= 11 is 4.83. The number of nitrogens with zero attached hydrogens (tertiary/aromatic N) is 1. The highest BCUT2D eigenvalue weighted by molar-refractivity contribution is 9.10. The first kappa shape index (κ1) is 17.9. The zero-order chi connectivity index (χ0) is 18.8. The summed E-state index contributed by atoms with van der Waals surface area (Å²) in [5.41, 5.74) is 3.36. The maximum Gasteiger partial charge on any atom is 0.268 e. The third kappa shape index (κ3) is 3.82. The molecule has 0 saturated heterocycles. The van der Waals surface area contributed by atoms with Crippen molar-refractivity contribution in [1.82, 2.24) is 0 Å². The average molecular weight is 441 g/mol. The summed E-state index contributed by atoms with van der Waals surface area (Å²) in [6.07, 6.45) is 1.81. The van der Waals surface area contributed by atoms with Crippen LogP contribution in [0.2, 0.25) is 0 Å². The van der Waals surface area contributed by atoms with Crippen LogP contribution in [0.15, 0.2) is 64.5 Å². The molecule has 27 heavy (non-hydrogen) atoms. The van der Waals surface area contributed by atoms with Gasteiger partial charge in [0.25, 0.3) is 11.8 Å². The van der Waals surface area contributed by atoms with Crippen molar-refractivity contribution < 1.29 is 9.59 Å². The molecule has 3 aromatic rings. The van der Waals surface area contributed by atoms with Crippen LogP contribution >= 0.6 is 27.3 Å². The molecule has 4 nitrogen and oxygen atoms in total. The SMILES string of the molecule is O=C(Nc1ccc2c(c1)CCCN2C(=O)c1cccs1)c1ccc(Br)cc1. The van der Waals surface area contributed by atoms with Crippen molar-refractivity contribution in [3.05, 3.63) is 80.5 Å². The fourth-order valence-corrected chi connectivity index (χ4v) is 4.16. The smallest absolute Gasteiger partial charge is 0.268 e. The molecule has 4 rings (SSSR count). The number of fused-ring (bicyclic) bond motifs is 1. The molecule has 0 saturated carbocycles. The number of benzene rings is 2. The molecule has 1 aromatic heterocycles. The van der Waals surface area contributed by atoms with Crippen LogP contribution in [0.25, 0.3) is 0 Å².